The Bertz CT molecular complexity index is 489. The van der Waals surface area contributed by atoms with Crippen molar-refractivity contribution in [3.63, 3.8) is 0 Å². The van der Waals surface area contributed by atoms with E-state index in [4.69, 9.17) is 4.74 Å². The Hall–Kier alpha value is -2.04. The molecule has 0 bridgehead atoms. The monoisotopic (exact) mass is 262 g/mol. The summed E-state index contributed by atoms with van der Waals surface area (Å²) >= 11 is 0. The molecule has 0 spiro atoms. The largest absolute Gasteiger partial charge is 0.465 e. The number of hydrazine groups is 1. The topological polar surface area (TPSA) is 49.9 Å². The molecule has 1 amide bonds. The van der Waals surface area contributed by atoms with Crippen LogP contribution in [0, 0.1) is 5.41 Å². The second-order valence-corrected chi connectivity index (χ2v) is 5.06. The molecule has 5 nitrogen and oxygen atoms in total. The van der Waals surface area contributed by atoms with Crippen molar-refractivity contribution in [2.24, 2.45) is 5.41 Å². The van der Waals surface area contributed by atoms with Crippen molar-refractivity contribution < 1.29 is 14.3 Å². The molecule has 19 heavy (non-hydrogen) atoms. The molecule has 0 radical (unpaired) electrons. The highest BCUT2D eigenvalue weighted by Gasteiger charge is 2.47. The summed E-state index contributed by atoms with van der Waals surface area (Å²) < 4.78 is 5.02. The first kappa shape index (κ1) is 13.4. The van der Waals surface area contributed by atoms with Crippen LogP contribution in [0.3, 0.4) is 0 Å². The van der Waals surface area contributed by atoms with Gasteiger partial charge in [0.05, 0.1) is 12.2 Å². The molecule has 0 saturated carbocycles. The van der Waals surface area contributed by atoms with Gasteiger partial charge >= 0.3 is 5.97 Å². The van der Waals surface area contributed by atoms with Crippen LogP contribution in [0.25, 0.3) is 0 Å². The maximum Gasteiger partial charge on any atom is 0.302 e. The van der Waals surface area contributed by atoms with Crippen molar-refractivity contribution in [1.82, 2.24) is 5.01 Å². The molecule has 1 unspecified atom stereocenters. The molecule has 1 atom stereocenters. The van der Waals surface area contributed by atoms with Crippen molar-refractivity contribution >= 4 is 17.6 Å². The number of amides is 1. The van der Waals surface area contributed by atoms with Crippen molar-refractivity contribution in [3.05, 3.63) is 30.3 Å². The molecule has 5 heteroatoms. The van der Waals surface area contributed by atoms with Crippen LogP contribution >= 0.6 is 0 Å². The normalized spacial score (nSPS) is 22.8. The first-order valence-electron chi connectivity index (χ1n) is 6.18. The smallest absolute Gasteiger partial charge is 0.302 e. The van der Waals surface area contributed by atoms with Crippen molar-refractivity contribution in [2.45, 2.75) is 13.8 Å². The van der Waals surface area contributed by atoms with Crippen LogP contribution < -0.4 is 5.01 Å². The van der Waals surface area contributed by atoms with E-state index in [-0.39, 0.29) is 18.5 Å². The summed E-state index contributed by atoms with van der Waals surface area (Å²) in [5.41, 5.74) is 0.251. The van der Waals surface area contributed by atoms with Crippen LogP contribution in [0.4, 0.5) is 5.69 Å². The Kier molecular flexibility index (Phi) is 3.46. The van der Waals surface area contributed by atoms with E-state index in [0.717, 1.165) is 5.69 Å². The lowest BCUT2D eigenvalue weighted by Gasteiger charge is -2.25. The van der Waals surface area contributed by atoms with E-state index in [0.29, 0.717) is 6.54 Å². The number of hydrogen-bond acceptors (Lipinski definition) is 4. The zero-order valence-electron chi connectivity index (χ0n) is 11.4. The molecule has 1 aliphatic rings. The highest BCUT2D eigenvalue weighted by molar-refractivity contribution is 5.88. The Labute approximate surface area is 112 Å². The lowest BCUT2D eigenvalue weighted by Crippen LogP contribution is -2.37. The molecule has 1 fully saturated rings. The Balaban J connectivity index is 2.19. The van der Waals surface area contributed by atoms with Gasteiger partial charge in [-0.2, -0.15) is 0 Å². The van der Waals surface area contributed by atoms with E-state index in [2.05, 4.69) is 0 Å². The van der Waals surface area contributed by atoms with E-state index < -0.39 is 5.41 Å². The minimum Gasteiger partial charge on any atom is -0.465 e. The molecule has 0 N–H and O–H groups in total. The van der Waals surface area contributed by atoms with Gasteiger partial charge in [0, 0.05) is 14.0 Å². The van der Waals surface area contributed by atoms with Crippen molar-refractivity contribution in [3.8, 4) is 0 Å². The Morgan fingerprint density at radius 3 is 2.58 bits per heavy atom. The molecule has 1 saturated heterocycles. The van der Waals surface area contributed by atoms with Crippen LogP contribution in [0.5, 0.6) is 0 Å². The summed E-state index contributed by atoms with van der Waals surface area (Å²) in [5, 5.41) is 3.48. The summed E-state index contributed by atoms with van der Waals surface area (Å²) in [6, 6.07) is 9.67. The summed E-state index contributed by atoms with van der Waals surface area (Å²) in [7, 11) is 1.73. The zero-order chi connectivity index (χ0) is 14.0. The molecule has 1 aromatic rings. The maximum absolute atomic E-state index is 12.3. The van der Waals surface area contributed by atoms with Gasteiger partial charge in [-0.25, -0.2) is 0 Å². The molecule has 1 aromatic carbocycles. The quantitative estimate of drug-likeness (QED) is 0.774. The van der Waals surface area contributed by atoms with Crippen LogP contribution in [-0.2, 0) is 14.3 Å². The summed E-state index contributed by atoms with van der Waals surface area (Å²) in [4.78, 5) is 23.2. The average molecular weight is 262 g/mol. The number of para-hydroxylation sites is 1. The van der Waals surface area contributed by atoms with Gasteiger partial charge in [0.2, 0.25) is 0 Å². The molecule has 1 aliphatic heterocycles. The van der Waals surface area contributed by atoms with Gasteiger partial charge in [-0.1, -0.05) is 18.2 Å². The number of ether oxygens (including phenoxy) is 1. The maximum atomic E-state index is 12.3. The third-order valence-corrected chi connectivity index (χ3v) is 3.32. The Morgan fingerprint density at radius 1 is 1.37 bits per heavy atom. The number of anilines is 1. The number of rotatable bonds is 3. The van der Waals surface area contributed by atoms with E-state index in [1.807, 2.05) is 42.3 Å². The molecule has 0 aromatic heterocycles. The lowest BCUT2D eigenvalue weighted by molar-refractivity contribution is -0.147. The lowest BCUT2D eigenvalue weighted by atomic mass is 9.92. The number of carbonyl (C=O) groups is 2. The van der Waals surface area contributed by atoms with Gasteiger partial charge in [-0.3, -0.25) is 19.6 Å². The minimum atomic E-state index is -0.698. The average Bonchev–Trinajstić information content (AvgIpc) is 2.63. The SMILES string of the molecule is CC(=O)OCC1(C)CN(c2ccccc2)N(C)C1=O. The van der Waals surface area contributed by atoms with Crippen LogP contribution in [0.1, 0.15) is 13.8 Å². The number of esters is 1. The molecule has 1 heterocycles. The van der Waals surface area contributed by atoms with E-state index in [9.17, 15) is 9.59 Å². The van der Waals surface area contributed by atoms with Crippen LogP contribution in [0.15, 0.2) is 30.3 Å². The number of nitrogens with zero attached hydrogens (tertiary/aromatic N) is 2. The van der Waals surface area contributed by atoms with Gasteiger partial charge < -0.3 is 4.74 Å². The summed E-state index contributed by atoms with van der Waals surface area (Å²) in [5.74, 6) is -0.410. The fraction of sp³-hybridized carbons (Fsp3) is 0.429. The number of benzene rings is 1. The molecular weight excluding hydrogens is 244 g/mol. The second-order valence-electron chi connectivity index (χ2n) is 5.06. The van der Waals surface area contributed by atoms with E-state index in [1.54, 1.807) is 12.1 Å². The third-order valence-electron chi connectivity index (χ3n) is 3.32. The van der Waals surface area contributed by atoms with Crippen molar-refractivity contribution in [2.75, 3.05) is 25.2 Å². The molecule has 2 rings (SSSR count). The first-order chi connectivity index (χ1) is 8.94. The zero-order valence-corrected chi connectivity index (χ0v) is 11.4. The van der Waals surface area contributed by atoms with Gasteiger partial charge in [-0.05, 0) is 19.1 Å². The van der Waals surface area contributed by atoms with Gasteiger partial charge in [0.1, 0.15) is 12.0 Å². The van der Waals surface area contributed by atoms with Crippen LogP contribution in [0.2, 0.25) is 0 Å². The van der Waals surface area contributed by atoms with Crippen LogP contribution in [-0.4, -0.2) is 37.1 Å². The highest BCUT2D eigenvalue weighted by atomic mass is 16.5. The highest BCUT2D eigenvalue weighted by Crippen LogP contribution is 2.33. The van der Waals surface area contributed by atoms with Gasteiger partial charge in [0.25, 0.3) is 5.91 Å². The van der Waals surface area contributed by atoms with E-state index >= 15 is 0 Å². The minimum absolute atomic E-state index is 0.0439. The van der Waals surface area contributed by atoms with Crippen molar-refractivity contribution in [1.29, 1.82) is 0 Å². The van der Waals surface area contributed by atoms with Gasteiger partial charge in [-0.15, -0.1) is 0 Å². The molecule has 0 aliphatic carbocycles. The Morgan fingerprint density at radius 2 is 2.00 bits per heavy atom. The summed E-state index contributed by atoms with van der Waals surface area (Å²) in [6.45, 7) is 3.77. The number of carbonyl (C=O) groups excluding carboxylic acids is 2. The standard InChI is InChI=1S/C14H18N2O3/c1-11(17)19-10-14(2)9-16(15(3)13(14)18)12-7-5-4-6-8-12/h4-8H,9-10H2,1-3H3. The number of hydrogen-bond donors (Lipinski definition) is 0. The van der Waals surface area contributed by atoms with Gasteiger partial charge in [0.15, 0.2) is 0 Å². The molecule has 102 valence electrons. The molecular formula is C14H18N2O3. The fourth-order valence-electron chi connectivity index (χ4n) is 2.24. The fourth-order valence-corrected chi connectivity index (χ4v) is 2.24. The predicted molar refractivity (Wildman–Crippen MR) is 71.3 cm³/mol. The predicted octanol–water partition coefficient (Wildman–Crippen LogP) is 1.45. The third kappa shape index (κ3) is 2.54. The van der Waals surface area contributed by atoms with E-state index in [1.165, 1.54) is 6.92 Å². The summed E-state index contributed by atoms with van der Waals surface area (Å²) in [6.07, 6.45) is 0. The second kappa shape index (κ2) is 4.91. The first-order valence-corrected chi connectivity index (χ1v) is 6.18.